The lowest BCUT2D eigenvalue weighted by Crippen LogP contribution is -2.29. The van der Waals surface area contributed by atoms with Crippen LogP contribution in [0.4, 0.5) is 0 Å². The Kier molecular flexibility index (Phi) is 4.74. The van der Waals surface area contributed by atoms with Crippen LogP contribution in [0.2, 0.25) is 0 Å². The molecule has 1 atom stereocenters. The standard InChI is InChI=1S/C17H22N2O/c1-4-13(2)19-16(14-8-6-5-7-9-14)11-10-15(12-18-3)17(19)20/h5-11,13,18H,4,12H2,1-3H3. The highest BCUT2D eigenvalue weighted by Gasteiger charge is 2.14. The van der Waals surface area contributed by atoms with Crippen LogP contribution in [0.3, 0.4) is 0 Å². The number of aromatic nitrogens is 1. The molecule has 20 heavy (non-hydrogen) atoms. The van der Waals surface area contributed by atoms with Gasteiger partial charge in [0, 0.05) is 18.2 Å². The molecule has 0 saturated heterocycles. The first-order valence-corrected chi connectivity index (χ1v) is 7.13. The molecule has 106 valence electrons. The summed E-state index contributed by atoms with van der Waals surface area (Å²) in [6.07, 6.45) is 0.933. The largest absolute Gasteiger partial charge is 0.315 e. The second-order valence-electron chi connectivity index (χ2n) is 5.07. The van der Waals surface area contributed by atoms with Crippen LogP contribution in [-0.4, -0.2) is 11.6 Å². The van der Waals surface area contributed by atoms with Crippen molar-refractivity contribution in [2.45, 2.75) is 32.9 Å². The number of hydrogen-bond donors (Lipinski definition) is 1. The van der Waals surface area contributed by atoms with E-state index in [9.17, 15) is 4.79 Å². The maximum atomic E-state index is 12.7. The summed E-state index contributed by atoms with van der Waals surface area (Å²) in [4.78, 5) is 12.7. The molecule has 3 heteroatoms. The van der Waals surface area contributed by atoms with Crippen molar-refractivity contribution in [1.82, 2.24) is 9.88 Å². The zero-order valence-electron chi connectivity index (χ0n) is 12.4. The topological polar surface area (TPSA) is 34.0 Å². The van der Waals surface area contributed by atoms with Crippen molar-refractivity contribution in [3.63, 3.8) is 0 Å². The minimum atomic E-state index is 0.107. The number of nitrogens with zero attached hydrogens (tertiary/aromatic N) is 1. The number of benzene rings is 1. The van der Waals surface area contributed by atoms with Gasteiger partial charge in [-0.15, -0.1) is 0 Å². The SMILES string of the molecule is CCC(C)n1c(-c2ccccc2)ccc(CNC)c1=O. The van der Waals surface area contributed by atoms with E-state index >= 15 is 0 Å². The van der Waals surface area contributed by atoms with Crippen LogP contribution in [0.15, 0.2) is 47.3 Å². The Bertz CT molecular complexity index is 617. The molecule has 1 aromatic carbocycles. The normalized spacial score (nSPS) is 12.3. The molecule has 0 bridgehead atoms. The molecule has 1 aromatic heterocycles. The monoisotopic (exact) mass is 270 g/mol. The molecule has 0 saturated carbocycles. The van der Waals surface area contributed by atoms with Gasteiger partial charge in [-0.25, -0.2) is 0 Å². The van der Waals surface area contributed by atoms with E-state index in [0.717, 1.165) is 23.2 Å². The summed E-state index contributed by atoms with van der Waals surface area (Å²) in [6.45, 7) is 4.80. The third kappa shape index (κ3) is 2.83. The lowest BCUT2D eigenvalue weighted by molar-refractivity contribution is 0.515. The Morgan fingerprint density at radius 1 is 1.15 bits per heavy atom. The van der Waals surface area contributed by atoms with E-state index in [1.807, 2.05) is 48.0 Å². The maximum Gasteiger partial charge on any atom is 0.255 e. The molecule has 0 aliphatic carbocycles. The zero-order chi connectivity index (χ0) is 14.5. The van der Waals surface area contributed by atoms with Crippen molar-refractivity contribution in [2.24, 2.45) is 0 Å². The van der Waals surface area contributed by atoms with Crippen LogP contribution >= 0.6 is 0 Å². The fourth-order valence-corrected chi connectivity index (χ4v) is 2.38. The van der Waals surface area contributed by atoms with E-state index < -0.39 is 0 Å². The number of nitrogens with one attached hydrogen (secondary N) is 1. The average molecular weight is 270 g/mol. The number of rotatable bonds is 5. The Labute approximate surface area is 120 Å². The fourth-order valence-electron chi connectivity index (χ4n) is 2.38. The molecule has 0 spiro atoms. The molecule has 3 nitrogen and oxygen atoms in total. The highest BCUT2D eigenvalue weighted by molar-refractivity contribution is 5.59. The summed E-state index contributed by atoms with van der Waals surface area (Å²) in [6, 6.07) is 14.3. The van der Waals surface area contributed by atoms with Gasteiger partial charge in [-0.2, -0.15) is 0 Å². The van der Waals surface area contributed by atoms with E-state index in [0.29, 0.717) is 6.54 Å². The van der Waals surface area contributed by atoms with Crippen LogP contribution in [0.1, 0.15) is 31.9 Å². The molecule has 0 aliphatic rings. The molecular formula is C17H22N2O. The lowest BCUT2D eigenvalue weighted by atomic mass is 10.1. The Morgan fingerprint density at radius 2 is 1.85 bits per heavy atom. The van der Waals surface area contributed by atoms with Crippen molar-refractivity contribution in [3.05, 3.63) is 58.4 Å². The predicted octanol–water partition coefficient (Wildman–Crippen LogP) is 3.21. The average Bonchev–Trinajstić information content (AvgIpc) is 2.49. The van der Waals surface area contributed by atoms with Crippen molar-refractivity contribution in [2.75, 3.05) is 7.05 Å². The van der Waals surface area contributed by atoms with Crippen molar-refractivity contribution in [1.29, 1.82) is 0 Å². The number of pyridine rings is 1. The summed E-state index contributed by atoms with van der Waals surface area (Å²) in [7, 11) is 1.86. The van der Waals surface area contributed by atoms with Crippen LogP contribution in [0, 0.1) is 0 Å². The summed E-state index contributed by atoms with van der Waals surface area (Å²) in [5.74, 6) is 0. The van der Waals surface area contributed by atoms with E-state index in [1.54, 1.807) is 0 Å². The van der Waals surface area contributed by atoms with Gasteiger partial charge in [-0.3, -0.25) is 4.79 Å². The number of hydrogen-bond acceptors (Lipinski definition) is 2. The first-order chi connectivity index (χ1) is 9.69. The summed E-state index contributed by atoms with van der Waals surface area (Å²) >= 11 is 0. The van der Waals surface area contributed by atoms with Gasteiger partial charge in [-0.05, 0) is 32.0 Å². The van der Waals surface area contributed by atoms with E-state index in [2.05, 4.69) is 25.2 Å². The highest BCUT2D eigenvalue weighted by atomic mass is 16.1. The van der Waals surface area contributed by atoms with Gasteiger partial charge >= 0.3 is 0 Å². The second kappa shape index (κ2) is 6.53. The van der Waals surface area contributed by atoms with Crippen LogP contribution in [0.25, 0.3) is 11.3 Å². The van der Waals surface area contributed by atoms with E-state index in [1.165, 1.54) is 0 Å². The first-order valence-electron chi connectivity index (χ1n) is 7.13. The third-order valence-corrected chi connectivity index (χ3v) is 3.66. The van der Waals surface area contributed by atoms with Gasteiger partial charge in [-0.1, -0.05) is 43.3 Å². The molecule has 2 aromatic rings. The van der Waals surface area contributed by atoms with Gasteiger partial charge in [0.1, 0.15) is 0 Å². The Balaban J connectivity index is 2.63. The van der Waals surface area contributed by atoms with Crippen LogP contribution in [0.5, 0.6) is 0 Å². The Hall–Kier alpha value is -1.87. The van der Waals surface area contributed by atoms with Gasteiger partial charge in [0.2, 0.25) is 0 Å². The summed E-state index contributed by atoms with van der Waals surface area (Å²) in [5.41, 5.74) is 2.99. The second-order valence-corrected chi connectivity index (χ2v) is 5.07. The van der Waals surface area contributed by atoms with Crippen LogP contribution in [-0.2, 0) is 6.54 Å². The van der Waals surface area contributed by atoms with Crippen molar-refractivity contribution < 1.29 is 0 Å². The van der Waals surface area contributed by atoms with Crippen LogP contribution < -0.4 is 10.9 Å². The lowest BCUT2D eigenvalue weighted by Gasteiger charge is -2.20. The summed E-state index contributed by atoms with van der Waals surface area (Å²) < 4.78 is 1.92. The smallest absolute Gasteiger partial charge is 0.255 e. The van der Waals surface area contributed by atoms with E-state index in [4.69, 9.17) is 0 Å². The molecule has 1 heterocycles. The van der Waals surface area contributed by atoms with Gasteiger partial charge < -0.3 is 9.88 Å². The van der Waals surface area contributed by atoms with Crippen molar-refractivity contribution >= 4 is 0 Å². The van der Waals surface area contributed by atoms with Crippen molar-refractivity contribution in [3.8, 4) is 11.3 Å². The molecule has 0 aliphatic heterocycles. The first kappa shape index (κ1) is 14.5. The Morgan fingerprint density at radius 3 is 2.45 bits per heavy atom. The van der Waals surface area contributed by atoms with Gasteiger partial charge in [0.05, 0.1) is 5.69 Å². The minimum absolute atomic E-state index is 0.107. The predicted molar refractivity (Wildman–Crippen MR) is 83.9 cm³/mol. The molecule has 2 rings (SSSR count). The summed E-state index contributed by atoms with van der Waals surface area (Å²) in [5, 5.41) is 3.05. The highest BCUT2D eigenvalue weighted by Crippen LogP contribution is 2.22. The fraction of sp³-hybridized carbons (Fsp3) is 0.353. The molecule has 0 amide bonds. The third-order valence-electron chi connectivity index (χ3n) is 3.66. The zero-order valence-corrected chi connectivity index (χ0v) is 12.4. The molecule has 0 radical (unpaired) electrons. The van der Waals surface area contributed by atoms with E-state index in [-0.39, 0.29) is 11.6 Å². The van der Waals surface area contributed by atoms with Gasteiger partial charge in [0.15, 0.2) is 0 Å². The quantitative estimate of drug-likeness (QED) is 0.905. The maximum absolute atomic E-state index is 12.7. The molecule has 1 unspecified atom stereocenters. The molecule has 1 N–H and O–H groups in total. The van der Waals surface area contributed by atoms with Gasteiger partial charge in [0.25, 0.3) is 5.56 Å². The minimum Gasteiger partial charge on any atom is -0.315 e. The molecule has 0 fully saturated rings. The molecular weight excluding hydrogens is 248 g/mol.